The van der Waals surface area contributed by atoms with Gasteiger partial charge in [-0.1, -0.05) is 240 Å². The molecule has 7 heteroatoms. The fourth-order valence-electron chi connectivity index (χ4n) is 9.89. The molecule has 0 aromatic carbocycles. The second kappa shape index (κ2) is 50.7. The minimum absolute atomic E-state index is 0.0595. The summed E-state index contributed by atoms with van der Waals surface area (Å²) >= 11 is 0. The summed E-state index contributed by atoms with van der Waals surface area (Å²) in [5, 5.41) is 0. The Morgan fingerprint density at radius 1 is 0.343 bits per heavy atom. The highest BCUT2D eigenvalue weighted by molar-refractivity contribution is 5.76. The van der Waals surface area contributed by atoms with Crippen molar-refractivity contribution in [3.05, 3.63) is 0 Å². The third kappa shape index (κ3) is 41.8. The van der Waals surface area contributed by atoms with Gasteiger partial charge in [-0.15, -0.1) is 0 Å². The quantitative estimate of drug-likeness (QED) is 0.0447. The van der Waals surface area contributed by atoms with E-state index in [2.05, 4.69) is 58.5 Å². The largest absolute Gasteiger partial charge is 0.465 e. The Morgan fingerprint density at radius 3 is 1.00 bits per heavy atom. The average Bonchev–Trinajstić information content (AvgIpc) is 3.32. The van der Waals surface area contributed by atoms with Crippen LogP contribution in [0.4, 0.5) is 0 Å². The van der Waals surface area contributed by atoms with Crippen LogP contribution < -0.4 is 0 Å². The third-order valence-corrected chi connectivity index (χ3v) is 14.4. The van der Waals surface area contributed by atoms with Crippen LogP contribution in [0.25, 0.3) is 0 Å². The summed E-state index contributed by atoms with van der Waals surface area (Å²) in [6.07, 6.45) is 49.8. The van der Waals surface area contributed by atoms with Crippen molar-refractivity contribution in [1.29, 1.82) is 0 Å². The second-order valence-electron chi connectivity index (χ2n) is 21.2. The first-order valence-corrected chi connectivity index (χ1v) is 30.0. The molecule has 0 aromatic rings. The summed E-state index contributed by atoms with van der Waals surface area (Å²) in [7, 11) is 4.28. The molecule has 0 spiro atoms. The van der Waals surface area contributed by atoms with E-state index in [1.54, 1.807) is 0 Å². The van der Waals surface area contributed by atoms with Crippen molar-refractivity contribution < 1.29 is 23.9 Å². The number of hydrogen-bond donors (Lipinski definition) is 0. The maximum atomic E-state index is 13.9. The van der Waals surface area contributed by atoms with E-state index in [1.165, 1.54) is 161 Å². The molecule has 0 unspecified atom stereocenters. The minimum atomic E-state index is 0.0595. The van der Waals surface area contributed by atoms with Gasteiger partial charge < -0.3 is 19.3 Å². The monoisotopic (exact) mass is 947 g/mol. The van der Waals surface area contributed by atoms with Crippen LogP contribution >= 0.6 is 0 Å². The highest BCUT2D eigenvalue weighted by Crippen LogP contribution is 2.24. The number of esters is 2. The van der Waals surface area contributed by atoms with Crippen LogP contribution in [-0.2, 0) is 23.9 Å². The molecule has 0 saturated heterocycles. The Labute approximate surface area is 419 Å². The molecule has 398 valence electrons. The van der Waals surface area contributed by atoms with Crippen LogP contribution in [0.15, 0.2) is 0 Å². The van der Waals surface area contributed by atoms with Crippen molar-refractivity contribution in [2.75, 3.05) is 40.4 Å². The van der Waals surface area contributed by atoms with Crippen LogP contribution in [0.1, 0.15) is 311 Å². The number of amides is 1. The lowest BCUT2D eigenvalue weighted by Gasteiger charge is -2.33. The van der Waals surface area contributed by atoms with Gasteiger partial charge in [-0.3, -0.25) is 14.4 Å². The lowest BCUT2D eigenvalue weighted by atomic mass is 9.94. The molecule has 0 radical (unpaired) electrons. The van der Waals surface area contributed by atoms with Gasteiger partial charge >= 0.3 is 11.9 Å². The first kappa shape index (κ1) is 65.4. The fourth-order valence-corrected chi connectivity index (χ4v) is 9.89. The number of ether oxygens (including phenoxy) is 2. The summed E-state index contributed by atoms with van der Waals surface area (Å²) in [4.78, 5) is 44.5. The number of carbonyl (C=O) groups excluding carboxylic acids is 3. The predicted molar refractivity (Wildman–Crippen MR) is 290 cm³/mol. The summed E-state index contributed by atoms with van der Waals surface area (Å²) < 4.78 is 11.7. The van der Waals surface area contributed by atoms with E-state index in [0.717, 1.165) is 122 Å². The molecule has 0 aliphatic carbocycles. The molecule has 0 fully saturated rings. The Balaban J connectivity index is 4.94. The molecule has 0 aliphatic rings. The summed E-state index contributed by atoms with van der Waals surface area (Å²) in [5.41, 5.74) is 0. The molecule has 0 saturated carbocycles. The molecule has 0 aliphatic heterocycles. The Bertz CT molecular complexity index is 983. The normalized spacial score (nSPS) is 11.7. The van der Waals surface area contributed by atoms with Crippen molar-refractivity contribution in [3.8, 4) is 0 Å². The molecular formula is C60H118N2O5. The lowest BCUT2D eigenvalue weighted by Crippen LogP contribution is -2.41. The smallest absolute Gasteiger partial charge is 0.308 e. The molecule has 67 heavy (non-hydrogen) atoms. The average molecular weight is 948 g/mol. The van der Waals surface area contributed by atoms with Gasteiger partial charge in [0.2, 0.25) is 5.91 Å². The molecular weight excluding hydrogens is 829 g/mol. The Kier molecular flexibility index (Phi) is 49.5. The zero-order valence-electron chi connectivity index (χ0n) is 46.4. The highest BCUT2D eigenvalue weighted by atomic mass is 16.5. The lowest BCUT2D eigenvalue weighted by molar-refractivity contribution is -0.150. The third-order valence-electron chi connectivity index (χ3n) is 14.4. The number of carbonyl (C=O) groups is 3. The van der Waals surface area contributed by atoms with Crippen LogP contribution in [-0.4, -0.2) is 74.1 Å². The maximum absolute atomic E-state index is 13.9. The van der Waals surface area contributed by atoms with Crippen LogP contribution in [0.5, 0.6) is 0 Å². The van der Waals surface area contributed by atoms with E-state index in [0.29, 0.717) is 31.6 Å². The van der Waals surface area contributed by atoms with E-state index in [-0.39, 0.29) is 23.8 Å². The Hall–Kier alpha value is -1.63. The zero-order valence-corrected chi connectivity index (χ0v) is 46.4. The second-order valence-corrected chi connectivity index (χ2v) is 21.2. The molecule has 0 aromatic heterocycles. The molecule has 0 heterocycles. The van der Waals surface area contributed by atoms with Crippen molar-refractivity contribution in [1.82, 2.24) is 9.80 Å². The summed E-state index contributed by atoms with van der Waals surface area (Å²) in [6.45, 7) is 14.3. The Morgan fingerprint density at radius 2 is 0.642 bits per heavy atom. The first-order chi connectivity index (χ1) is 32.7. The van der Waals surface area contributed by atoms with Gasteiger partial charge in [-0.2, -0.15) is 0 Å². The van der Waals surface area contributed by atoms with Gasteiger partial charge in [-0.25, -0.2) is 0 Å². The van der Waals surface area contributed by atoms with E-state index in [9.17, 15) is 14.4 Å². The number of hydrogen-bond acceptors (Lipinski definition) is 6. The van der Waals surface area contributed by atoms with E-state index < -0.39 is 0 Å². The van der Waals surface area contributed by atoms with Gasteiger partial charge in [0.25, 0.3) is 0 Å². The summed E-state index contributed by atoms with van der Waals surface area (Å²) in [5.74, 6) is 0.695. The summed E-state index contributed by atoms with van der Waals surface area (Å²) in [6, 6.07) is 0.346. The maximum Gasteiger partial charge on any atom is 0.308 e. The molecule has 7 nitrogen and oxygen atoms in total. The van der Waals surface area contributed by atoms with Crippen molar-refractivity contribution in [2.45, 2.75) is 317 Å². The standard InChI is InChI=1S/C60H118N2O5/c1-8-13-18-29-40-50-58(63)62(52-43-51-61(6)7)57(48-38-30-25-23-27-32-41-53-66-59(64)55(44-34-19-14-9-2)45-35-20-15-10-3)49-39-31-26-24-28-33-42-54-67-60(65)56(46-36-21-16-11-4)47-37-22-17-12-5/h55-57H,8-54H2,1-7H3. The van der Waals surface area contributed by atoms with Gasteiger partial charge in [0.05, 0.1) is 25.0 Å². The van der Waals surface area contributed by atoms with Crippen LogP contribution in [0, 0.1) is 11.8 Å². The molecule has 0 bridgehead atoms. The predicted octanol–water partition coefficient (Wildman–Crippen LogP) is 17.9. The van der Waals surface area contributed by atoms with E-state index >= 15 is 0 Å². The molecule has 0 rings (SSSR count). The number of unbranched alkanes of at least 4 members (excludes halogenated alkanes) is 28. The van der Waals surface area contributed by atoms with Gasteiger partial charge in [0.1, 0.15) is 0 Å². The van der Waals surface area contributed by atoms with Crippen LogP contribution in [0.3, 0.4) is 0 Å². The van der Waals surface area contributed by atoms with E-state index in [1.807, 2.05) is 0 Å². The van der Waals surface area contributed by atoms with Crippen LogP contribution in [0.2, 0.25) is 0 Å². The zero-order chi connectivity index (χ0) is 49.3. The topological polar surface area (TPSA) is 76.2 Å². The van der Waals surface area contributed by atoms with Crippen molar-refractivity contribution >= 4 is 17.8 Å². The van der Waals surface area contributed by atoms with Crippen molar-refractivity contribution in [3.63, 3.8) is 0 Å². The number of rotatable bonds is 53. The van der Waals surface area contributed by atoms with Gasteiger partial charge in [-0.05, 0) is 84.8 Å². The number of nitrogens with zero attached hydrogens (tertiary/aromatic N) is 2. The molecule has 0 N–H and O–H groups in total. The molecule has 1 amide bonds. The fraction of sp³-hybridized carbons (Fsp3) is 0.950. The minimum Gasteiger partial charge on any atom is -0.465 e. The van der Waals surface area contributed by atoms with E-state index in [4.69, 9.17) is 9.47 Å². The SMILES string of the molecule is CCCCCCCC(=O)N(CCCN(C)C)C(CCCCCCCCCOC(=O)C(CCCCCC)CCCCCC)CCCCCCCCCOC(=O)C(CCCCCC)CCCCCC. The van der Waals surface area contributed by atoms with Gasteiger partial charge in [0, 0.05) is 19.0 Å². The van der Waals surface area contributed by atoms with Gasteiger partial charge in [0.15, 0.2) is 0 Å². The first-order valence-electron chi connectivity index (χ1n) is 30.0. The molecule has 0 atom stereocenters. The van der Waals surface area contributed by atoms with Crippen molar-refractivity contribution in [2.24, 2.45) is 11.8 Å². The highest BCUT2D eigenvalue weighted by Gasteiger charge is 2.24.